The topological polar surface area (TPSA) is 20.3 Å². The molecular weight excluding hydrogens is 234 g/mol. The molecule has 1 unspecified atom stereocenters. The molecule has 0 saturated heterocycles. The van der Waals surface area contributed by atoms with Crippen LogP contribution >= 0.6 is 0 Å². The first-order chi connectivity index (χ1) is 9.28. The normalized spacial score (nSPS) is 17.9. The predicted octanol–water partition coefficient (Wildman–Crippen LogP) is 3.83. The van der Waals surface area contributed by atoms with Gasteiger partial charge in [-0.15, -0.1) is 0 Å². The van der Waals surface area contributed by atoms with E-state index in [1.807, 2.05) is 24.3 Å². The first-order valence-electron chi connectivity index (χ1n) is 6.68. The average molecular weight is 251 g/mol. The molecule has 0 bridgehead atoms. The lowest BCUT2D eigenvalue weighted by Crippen LogP contribution is -2.30. The first-order valence-corrected chi connectivity index (χ1v) is 6.68. The number of rotatable bonds is 2. The van der Waals surface area contributed by atoms with Gasteiger partial charge in [0.15, 0.2) is 0 Å². The van der Waals surface area contributed by atoms with Crippen LogP contribution in [0.1, 0.15) is 22.8 Å². The monoisotopic (exact) mass is 251 g/mol. The molecule has 3 rings (SSSR count). The number of nitrogens with zero attached hydrogens (tertiary/aromatic N) is 1. The lowest BCUT2D eigenvalue weighted by atomic mass is 9.93. The van der Waals surface area contributed by atoms with E-state index in [-0.39, 0.29) is 0 Å². The molecule has 1 atom stereocenters. The number of carbonyl (C=O) groups is 1. The van der Waals surface area contributed by atoms with Gasteiger partial charge in [0.1, 0.15) is 6.29 Å². The molecule has 1 aliphatic rings. The van der Waals surface area contributed by atoms with Crippen molar-refractivity contribution in [2.24, 2.45) is 5.92 Å². The van der Waals surface area contributed by atoms with Gasteiger partial charge in [-0.3, -0.25) is 4.79 Å². The van der Waals surface area contributed by atoms with Gasteiger partial charge in [0.25, 0.3) is 0 Å². The molecule has 2 heteroatoms. The van der Waals surface area contributed by atoms with E-state index in [9.17, 15) is 4.79 Å². The van der Waals surface area contributed by atoms with Gasteiger partial charge in [0, 0.05) is 23.5 Å². The van der Waals surface area contributed by atoms with E-state index in [1.54, 1.807) is 0 Å². The number of hydrogen-bond donors (Lipinski definition) is 0. The van der Waals surface area contributed by atoms with Crippen LogP contribution in [0.15, 0.2) is 48.5 Å². The summed E-state index contributed by atoms with van der Waals surface area (Å²) in [6.45, 7) is 3.31. The zero-order chi connectivity index (χ0) is 13.2. The fourth-order valence-electron chi connectivity index (χ4n) is 2.77. The minimum atomic E-state index is 0.639. The maximum absolute atomic E-state index is 10.7. The molecule has 96 valence electrons. The van der Waals surface area contributed by atoms with E-state index in [0.29, 0.717) is 5.92 Å². The van der Waals surface area contributed by atoms with Gasteiger partial charge < -0.3 is 4.90 Å². The summed E-state index contributed by atoms with van der Waals surface area (Å²) in [6, 6.07) is 16.4. The van der Waals surface area contributed by atoms with Crippen molar-refractivity contribution in [3.05, 3.63) is 59.7 Å². The summed E-state index contributed by atoms with van der Waals surface area (Å²) >= 11 is 0. The molecule has 1 heterocycles. The molecule has 0 amide bonds. The molecule has 0 N–H and O–H groups in total. The Morgan fingerprint density at radius 3 is 2.58 bits per heavy atom. The Bertz CT molecular complexity index is 588. The molecular formula is C17H17NO. The predicted molar refractivity (Wildman–Crippen MR) is 78.1 cm³/mol. The van der Waals surface area contributed by atoms with Gasteiger partial charge in [-0.25, -0.2) is 0 Å². The maximum Gasteiger partial charge on any atom is 0.150 e. The van der Waals surface area contributed by atoms with Crippen LogP contribution in [0, 0.1) is 5.92 Å². The van der Waals surface area contributed by atoms with Crippen molar-refractivity contribution in [2.45, 2.75) is 13.3 Å². The smallest absolute Gasteiger partial charge is 0.150 e. The molecule has 2 aromatic carbocycles. The quantitative estimate of drug-likeness (QED) is 0.756. The number of hydrogen-bond acceptors (Lipinski definition) is 2. The lowest BCUT2D eigenvalue weighted by molar-refractivity contribution is 0.112. The van der Waals surface area contributed by atoms with Gasteiger partial charge in [-0.2, -0.15) is 0 Å². The minimum Gasteiger partial charge on any atom is -0.341 e. The summed E-state index contributed by atoms with van der Waals surface area (Å²) in [7, 11) is 0. The molecule has 0 spiro atoms. The van der Waals surface area contributed by atoms with Crippen molar-refractivity contribution in [3.63, 3.8) is 0 Å². The zero-order valence-corrected chi connectivity index (χ0v) is 11.0. The molecule has 2 nitrogen and oxygen atoms in total. The summed E-state index contributed by atoms with van der Waals surface area (Å²) in [6.07, 6.45) is 2.02. The molecule has 0 aliphatic carbocycles. The number of para-hydroxylation sites is 1. The van der Waals surface area contributed by atoms with Crippen molar-refractivity contribution in [3.8, 4) is 0 Å². The van der Waals surface area contributed by atoms with Crippen LogP contribution in [0.25, 0.3) is 0 Å². The first kappa shape index (κ1) is 12.0. The van der Waals surface area contributed by atoms with E-state index in [0.717, 1.165) is 30.5 Å². The highest BCUT2D eigenvalue weighted by atomic mass is 16.1. The van der Waals surface area contributed by atoms with E-state index in [4.69, 9.17) is 0 Å². The summed E-state index contributed by atoms with van der Waals surface area (Å²) in [4.78, 5) is 13.1. The van der Waals surface area contributed by atoms with Crippen molar-refractivity contribution >= 4 is 17.7 Å². The van der Waals surface area contributed by atoms with Gasteiger partial charge in [0.2, 0.25) is 0 Å². The van der Waals surface area contributed by atoms with Gasteiger partial charge >= 0.3 is 0 Å². The number of carbonyl (C=O) groups excluding carboxylic acids is 1. The van der Waals surface area contributed by atoms with Crippen LogP contribution in [-0.2, 0) is 6.42 Å². The van der Waals surface area contributed by atoms with Crippen LogP contribution in [0.4, 0.5) is 11.4 Å². The molecule has 0 fully saturated rings. The molecule has 0 saturated carbocycles. The lowest BCUT2D eigenvalue weighted by Gasteiger charge is -2.34. The fraction of sp³-hybridized carbons (Fsp3) is 0.235. The van der Waals surface area contributed by atoms with Crippen LogP contribution in [0.3, 0.4) is 0 Å². The van der Waals surface area contributed by atoms with E-state index in [1.165, 1.54) is 11.3 Å². The molecule has 0 radical (unpaired) electrons. The highest BCUT2D eigenvalue weighted by Gasteiger charge is 2.22. The third kappa shape index (κ3) is 2.26. The number of anilines is 2. The number of fused-ring (bicyclic) bond motifs is 1. The van der Waals surface area contributed by atoms with E-state index in [2.05, 4.69) is 36.1 Å². The third-order valence-corrected chi connectivity index (χ3v) is 3.69. The fourth-order valence-corrected chi connectivity index (χ4v) is 2.77. The van der Waals surface area contributed by atoms with Crippen LogP contribution in [-0.4, -0.2) is 12.8 Å². The Balaban J connectivity index is 2.02. The molecule has 19 heavy (non-hydrogen) atoms. The van der Waals surface area contributed by atoms with Gasteiger partial charge in [-0.05, 0) is 48.2 Å². The summed E-state index contributed by atoms with van der Waals surface area (Å²) in [5, 5.41) is 0. The summed E-state index contributed by atoms with van der Waals surface area (Å²) < 4.78 is 0. The Hall–Kier alpha value is -2.09. The van der Waals surface area contributed by atoms with E-state index >= 15 is 0 Å². The Morgan fingerprint density at radius 2 is 1.84 bits per heavy atom. The van der Waals surface area contributed by atoms with Crippen molar-refractivity contribution in [1.82, 2.24) is 0 Å². The molecule has 2 aromatic rings. The Morgan fingerprint density at radius 1 is 1.11 bits per heavy atom. The highest BCUT2D eigenvalue weighted by Crippen LogP contribution is 2.35. The molecule has 0 aromatic heterocycles. The minimum absolute atomic E-state index is 0.639. The SMILES string of the molecule is CC1Cc2ccccc2N(c2ccc(C=O)cc2)C1. The number of aldehydes is 1. The zero-order valence-electron chi connectivity index (χ0n) is 11.0. The largest absolute Gasteiger partial charge is 0.341 e. The second-order valence-electron chi connectivity index (χ2n) is 5.26. The Labute approximate surface area is 113 Å². The standard InChI is InChI=1S/C17H17NO/c1-13-10-15-4-2-3-5-17(15)18(11-13)16-8-6-14(12-19)7-9-16/h2-9,12-13H,10-11H2,1H3. The summed E-state index contributed by atoms with van der Waals surface area (Å²) in [5.41, 5.74) is 4.58. The third-order valence-electron chi connectivity index (χ3n) is 3.69. The summed E-state index contributed by atoms with van der Waals surface area (Å²) in [5.74, 6) is 0.639. The highest BCUT2D eigenvalue weighted by molar-refractivity contribution is 5.77. The van der Waals surface area contributed by atoms with Crippen LogP contribution < -0.4 is 4.90 Å². The van der Waals surface area contributed by atoms with Gasteiger partial charge in [-0.1, -0.05) is 25.1 Å². The van der Waals surface area contributed by atoms with E-state index < -0.39 is 0 Å². The van der Waals surface area contributed by atoms with Gasteiger partial charge in [0.05, 0.1) is 0 Å². The molecule has 1 aliphatic heterocycles. The maximum atomic E-state index is 10.7. The van der Waals surface area contributed by atoms with Crippen molar-refractivity contribution < 1.29 is 4.79 Å². The second-order valence-corrected chi connectivity index (χ2v) is 5.26. The second kappa shape index (κ2) is 4.88. The average Bonchev–Trinajstić information content (AvgIpc) is 2.46. The van der Waals surface area contributed by atoms with Crippen molar-refractivity contribution in [2.75, 3.05) is 11.4 Å². The Kier molecular flexibility index (Phi) is 3.08. The van der Waals surface area contributed by atoms with Crippen LogP contribution in [0.5, 0.6) is 0 Å². The van der Waals surface area contributed by atoms with Crippen LogP contribution in [0.2, 0.25) is 0 Å². The number of benzene rings is 2. The van der Waals surface area contributed by atoms with Crippen molar-refractivity contribution in [1.29, 1.82) is 0 Å².